The predicted octanol–water partition coefficient (Wildman–Crippen LogP) is 2.92. The van der Waals surface area contributed by atoms with Gasteiger partial charge in [0.15, 0.2) is 0 Å². The first-order valence-corrected chi connectivity index (χ1v) is 11.5. The SMILES string of the molecule is CC/C(C)=C(/NCc1ccc(Cl)c(Cl)c1)NC(=O)C(=NCC1COC(CO)CO1)C(C)=CN. The van der Waals surface area contributed by atoms with E-state index in [2.05, 4.69) is 15.6 Å². The number of carbonyl (C=O) groups is 1. The number of halogens is 2. The molecule has 0 aliphatic carbocycles. The van der Waals surface area contributed by atoms with E-state index in [-0.39, 0.29) is 43.6 Å². The summed E-state index contributed by atoms with van der Waals surface area (Å²) in [5, 5.41) is 16.3. The number of hydrogen-bond acceptors (Lipinski definition) is 7. The predicted molar refractivity (Wildman–Crippen MR) is 131 cm³/mol. The van der Waals surface area contributed by atoms with Crippen LogP contribution in [0.25, 0.3) is 0 Å². The normalized spacial score (nSPS) is 20.3. The van der Waals surface area contributed by atoms with Crippen molar-refractivity contribution in [2.75, 3.05) is 26.4 Å². The van der Waals surface area contributed by atoms with Crippen molar-refractivity contribution in [2.45, 2.75) is 45.9 Å². The van der Waals surface area contributed by atoms with Crippen LogP contribution in [-0.4, -0.2) is 55.3 Å². The number of nitrogens with two attached hydrogens (primary N) is 1. The summed E-state index contributed by atoms with van der Waals surface area (Å²) in [7, 11) is 0. The summed E-state index contributed by atoms with van der Waals surface area (Å²) in [4.78, 5) is 17.6. The molecule has 10 heteroatoms. The Morgan fingerprint density at radius 2 is 1.94 bits per heavy atom. The van der Waals surface area contributed by atoms with Gasteiger partial charge in [0.1, 0.15) is 23.7 Å². The number of nitrogens with zero attached hydrogens (tertiary/aromatic N) is 1. The zero-order chi connectivity index (χ0) is 24.4. The molecule has 2 unspecified atom stereocenters. The fourth-order valence-corrected chi connectivity index (χ4v) is 3.25. The van der Waals surface area contributed by atoms with Crippen molar-refractivity contribution in [3.63, 3.8) is 0 Å². The van der Waals surface area contributed by atoms with Crippen molar-refractivity contribution in [1.82, 2.24) is 10.6 Å². The van der Waals surface area contributed by atoms with Crippen LogP contribution < -0.4 is 16.4 Å². The van der Waals surface area contributed by atoms with Crippen LogP contribution in [-0.2, 0) is 20.8 Å². The lowest BCUT2D eigenvalue weighted by Crippen LogP contribution is -2.40. The number of aliphatic hydroxyl groups is 1. The lowest BCUT2D eigenvalue weighted by molar-refractivity contribution is -0.141. The first kappa shape index (κ1) is 27.1. The monoisotopic (exact) mass is 498 g/mol. The number of carbonyl (C=O) groups excluding carboxylic acids is 1. The average Bonchev–Trinajstić information content (AvgIpc) is 2.83. The quantitative estimate of drug-likeness (QED) is 0.368. The van der Waals surface area contributed by atoms with Gasteiger partial charge < -0.3 is 30.9 Å². The molecule has 1 aromatic rings. The molecule has 1 amide bonds. The number of aliphatic hydroxyl groups excluding tert-OH is 1. The van der Waals surface area contributed by atoms with Crippen LogP contribution in [0.15, 0.2) is 46.4 Å². The molecule has 0 spiro atoms. The van der Waals surface area contributed by atoms with E-state index < -0.39 is 0 Å². The molecule has 5 N–H and O–H groups in total. The molecule has 0 saturated carbocycles. The molecule has 2 rings (SSSR count). The fourth-order valence-electron chi connectivity index (χ4n) is 2.93. The van der Waals surface area contributed by atoms with E-state index in [1.807, 2.05) is 19.9 Å². The number of aliphatic imine (C=N–C) groups is 1. The lowest BCUT2D eigenvalue weighted by atomic mass is 10.1. The smallest absolute Gasteiger partial charge is 0.275 e. The average molecular weight is 499 g/mol. The van der Waals surface area contributed by atoms with Crippen LogP contribution in [0, 0.1) is 0 Å². The highest BCUT2D eigenvalue weighted by Crippen LogP contribution is 2.22. The minimum atomic E-state index is -0.386. The summed E-state index contributed by atoms with van der Waals surface area (Å²) in [5.74, 6) is 0.206. The molecule has 33 heavy (non-hydrogen) atoms. The van der Waals surface area contributed by atoms with Crippen molar-refractivity contribution < 1.29 is 19.4 Å². The maximum Gasteiger partial charge on any atom is 0.275 e. The maximum atomic E-state index is 13.1. The Labute approximate surface area is 204 Å². The Morgan fingerprint density at radius 3 is 2.52 bits per heavy atom. The fraction of sp³-hybridized carbons (Fsp3) is 0.478. The van der Waals surface area contributed by atoms with Crippen LogP contribution in [0.1, 0.15) is 32.8 Å². The van der Waals surface area contributed by atoms with Crippen LogP contribution in [0.2, 0.25) is 10.0 Å². The third kappa shape index (κ3) is 8.32. The third-order valence-electron chi connectivity index (χ3n) is 5.18. The van der Waals surface area contributed by atoms with E-state index in [0.29, 0.717) is 34.6 Å². The third-order valence-corrected chi connectivity index (χ3v) is 5.92. The Balaban J connectivity index is 2.10. The molecule has 0 radical (unpaired) electrons. The number of hydrogen-bond donors (Lipinski definition) is 4. The summed E-state index contributed by atoms with van der Waals surface area (Å²) in [6, 6.07) is 5.37. The van der Waals surface area contributed by atoms with Gasteiger partial charge in [0.25, 0.3) is 5.91 Å². The molecule has 1 saturated heterocycles. The van der Waals surface area contributed by atoms with E-state index in [1.54, 1.807) is 19.1 Å². The van der Waals surface area contributed by atoms with E-state index in [4.69, 9.17) is 43.5 Å². The molecule has 1 fully saturated rings. The zero-order valence-electron chi connectivity index (χ0n) is 19.2. The summed E-state index contributed by atoms with van der Waals surface area (Å²) in [6.45, 7) is 6.81. The Kier molecular flexibility index (Phi) is 11.2. The second-order valence-corrected chi connectivity index (χ2v) is 8.51. The van der Waals surface area contributed by atoms with Crippen LogP contribution in [0.5, 0.6) is 0 Å². The lowest BCUT2D eigenvalue weighted by Gasteiger charge is -2.27. The van der Waals surface area contributed by atoms with Gasteiger partial charge in [-0.05, 0) is 55.3 Å². The summed E-state index contributed by atoms with van der Waals surface area (Å²) >= 11 is 12.1. The van der Waals surface area contributed by atoms with Gasteiger partial charge in [0.2, 0.25) is 0 Å². The van der Waals surface area contributed by atoms with Crippen LogP contribution in [0.3, 0.4) is 0 Å². The highest BCUT2D eigenvalue weighted by molar-refractivity contribution is 6.45. The molecule has 182 valence electrons. The number of amides is 1. The van der Waals surface area contributed by atoms with E-state index in [9.17, 15) is 4.79 Å². The van der Waals surface area contributed by atoms with Crippen LogP contribution >= 0.6 is 23.2 Å². The maximum absolute atomic E-state index is 13.1. The first-order valence-electron chi connectivity index (χ1n) is 10.7. The Morgan fingerprint density at radius 1 is 1.24 bits per heavy atom. The van der Waals surface area contributed by atoms with E-state index in [1.165, 1.54) is 6.20 Å². The molecule has 0 aromatic heterocycles. The van der Waals surface area contributed by atoms with Gasteiger partial charge in [-0.25, -0.2) is 0 Å². The molecule has 1 aliphatic rings. The molecule has 0 bridgehead atoms. The highest BCUT2D eigenvalue weighted by atomic mass is 35.5. The van der Waals surface area contributed by atoms with Gasteiger partial charge in [-0.1, -0.05) is 36.2 Å². The second-order valence-electron chi connectivity index (χ2n) is 7.70. The topological polar surface area (TPSA) is 118 Å². The summed E-state index contributed by atoms with van der Waals surface area (Å²) in [6.07, 6.45) is 1.45. The molecule has 2 atom stereocenters. The van der Waals surface area contributed by atoms with Gasteiger partial charge >= 0.3 is 0 Å². The van der Waals surface area contributed by atoms with Crippen molar-refractivity contribution in [3.8, 4) is 0 Å². The Hall–Kier alpha value is -2.10. The first-order chi connectivity index (χ1) is 15.8. The number of nitrogens with one attached hydrogen (secondary N) is 2. The minimum Gasteiger partial charge on any atom is -0.404 e. The molecular formula is C23H32Cl2N4O4. The minimum absolute atomic E-state index is 0.0974. The van der Waals surface area contributed by atoms with Crippen molar-refractivity contribution >= 4 is 34.8 Å². The molecular weight excluding hydrogens is 467 g/mol. The second kappa shape index (κ2) is 13.6. The summed E-state index contributed by atoms with van der Waals surface area (Å²) < 4.78 is 11.2. The van der Waals surface area contributed by atoms with Crippen molar-refractivity contribution in [2.24, 2.45) is 10.7 Å². The van der Waals surface area contributed by atoms with E-state index >= 15 is 0 Å². The molecule has 8 nitrogen and oxygen atoms in total. The standard InChI is InChI=1S/C23H32Cl2N4O4/c1-4-14(2)22(28-9-16-5-6-19(24)20(25)7-16)29-23(31)21(15(3)8-26)27-10-17-12-33-18(11-30)13-32-17/h5-8,17-18,28,30H,4,9-13,26H2,1-3H3,(H,29,31)/b15-8?,22-14-,27-21?. The van der Waals surface area contributed by atoms with E-state index in [0.717, 1.165) is 17.6 Å². The van der Waals surface area contributed by atoms with Gasteiger partial charge in [0, 0.05) is 6.54 Å². The van der Waals surface area contributed by atoms with Gasteiger partial charge in [-0.15, -0.1) is 0 Å². The van der Waals surface area contributed by atoms with Crippen molar-refractivity contribution in [3.05, 3.63) is 57.0 Å². The summed E-state index contributed by atoms with van der Waals surface area (Å²) in [5.41, 5.74) is 8.31. The Bertz CT molecular complexity index is 910. The van der Waals surface area contributed by atoms with Crippen molar-refractivity contribution in [1.29, 1.82) is 0 Å². The van der Waals surface area contributed by atoms with Gasteiger partial charge in [0.05, 0.1) is 36.4 Å². The number of benzene rings is 1. The number of rotatable bonds is 10. The van der Waals surface area contributed by atoms with Gasteiger partial charge in [-0.3, -0.25) is 9.79 Å². The van der Waals surface area contributed by atoms with Crippen LogP contribution in [0.4, 0.5) is 0 Å². The number of ether oxygens (including phenoxy) is 2. The molecule has 1 aromatic carbocycles. The number of allylic oxidation sites excluding steroid dienone is 1. The largest absolute Gasteiger partial charge is 0.404 e. The van der Waals surface area contributed by atoms with Gasteiger partial charge in [-0.2, -0.15) is 0 Å². The molecule has 1 heterocycles. The molecule has 1 aliphatic heterocycles. The zero-order valence-corrected chi connectivity index (χ0v) is 20.7. The highest BCUT2D eigenvalue weighted by Gasteiger charge is 2.23.